The van der Waals surface area contributed by atoms with E-state index in [1.54, 1.807) is 14.0 Å². The summed E-state index contributed by atoms with van der Waals surface area (Å²) in [6.07, 6.45) is 0. The van der Waals surface area contributed by atoms with E-state index < -0.39 is 11.8 Å². The molecule has 0 saturated heterocycles. The van der Waals surface area contributed by atoms with E-state index in [1.807, 2.05) is 0 Å². The summed E-state index contributed by atoms with van der Waals surface area (Å²) in [7, 11) is 1.57. The summed E-state index contributed by atoms with van der Waals surface area (Å²) < 4.78 is 13.6. The molecule has 0 bridgehead atoms. The zero-order valence-corrected chi connectivity index (χ0v) is 9.64. The second kappa shape index (κ2) is 5.01. The van der Waals surface area contributed by atoms with Crippen molar-refractivity contribution >= 4 is 17.3 Å². The number of aliphatic hydroxyl groups excluding tert-OH is 1. The zero-order chi connectivity index (χ0) is 13.2. The van der Waals surface area contributed by atoms with Crippen molar-refractivity contribution in [2.75, 3.05) is 24.3 Å². The summed E-state index contributed by atoms with van der Waals surface area (Å²) in [6.45, 7) is 1.53. The number of benzene rings is 1. The van der Waals surface area contributed by atoms with Gasteiger partial charge in [0.15, 0.2) is 0 Å². The number of carbonyl (C=O) groups is 1. The van der Waals surface area contributed by atoms with E-state index in [9.17, 15) is 9.18 Å². The van der Waals surface area contributed by atoms with E-state index in [0.29, 0.717) is 0 Å². The van der Waals surface area contributed by atoms with Gasteiger partial charge in [0.25, 0.3) is 0 Å². The molecule has 1 aromatic rings. The van der Waals surface area contributed by atoms with Crippen molar-refractivity contribution < 1.29 is 19.4 Å². The SMILES string of the molecule is CC(CO)N(C)c1cc(C(=O)O)c(N)cc1F. The summed E-state index contributed by atoms with van der Waals surface area (Å²) in [4.78, 5) is 12.3. The average Bonchev–Trinajstić information content (AvgIpc) is 2.26. The van der Waals surface area contributed by atoms with Crippen LogP contribution < -0.4 is 10.6 Å². The Bertz CT molecular complexity index is 437. The van der Waals surface area contributed by atoms with E-state index in [2.05, 4.69) is 0 Å². The fourth-order valence-corrected chi connectivity index (χ4v) is 1.39. The smallest absolute Gasteiger partial charge is 0.337 e. The molecule has 0 aliphatic heterocycles. The summed E-state index contributed by atoms with van der Waals surface area (Å²) in [6, 6.07) is 1.81. The summed E-state index contributed by atoms with van der Waals surface area (Å²) in [5.74, 6) is -1.83. The van der Waals surface area contributed by atoms with Crippen LogP contribution in [0.4, 0.5) is 15.8 Å². The highest BCUT2D eigenvalue weighted by atomic mass is 19.1. The largest absolute Gasteiger partial charge is 0.478 e. The molecule has 1 unspecified atom stereocenters. The number of aliphatic hydroxyl groups is 1. The molecule has 17 heavy (non-hydrogen) atoms. The van der Waals surface area contributed by atoms with E-state index >= 15 is 0 Å². The molecule has 0 radical (unpaired) electrons. The number of likely N-dealkylation sites (N-methyl/N-ethyl adjacent to an activating group) is 1. The molecular formula is C11H15FN2O3. The molecular weight excluding hydrogens is 227 g/mol. The molecule has 0 aliphatic carbocycles. The highest BCUT2D eigenvalue weighted by Crippen LogP contribution is 2.26. The fourth-order valence-electron chi connectivity index (χ4n) is 1.39. The number of rotatable bonds is 4. The lowest BCUT2D eigenvalue weighted by Crippen LogP contribution is -2.32. The lowest BCUT2D eigenvalue weighted by atomic mass is 10.1. The molecule has 0 fully saturated rings. The first kappa shape index (κ1) is 13.2. The molecule has 0 spiro atoms. The molecule has 6 heteroatoms. The van der Waals surface area contributed by atoms with Crippen LogP contribution in [-0.2, 0) is 0 Å². The lowest BCUT2D eigenvalue weighted by molar-refractivity contribution is 0.0698. The number of carboxylic acid groups (broad SMARTS) is 1. The van der Waals surface area contributed by atoms with Gasteiger partial charge >= 0.3 is 5.97 Å². The van der Waals surface area contributed by atoms with Crippen LogP contribution in [0.2, 0.25) is 0 Å². The number of nitrogens with zero attached hydrogens (tertiary/aromatic N) is 1. The highest BCUT2D eigenvalue weighted by Gasteiger charge is 2.18. The van der Waals surface area contributed by atoms with Gasteiger partial charge in [0.2, 0.25) is 0 Å². The lowest BCUT2D eigenvalue weighted by Gasteiger charge is -2.26. The van der Waals surface area contributed by atoms with Crippen molar-refractivity contribution in [2.45, 2.75) is 13.0 Å². The second-order valence-corrected chi connectivity index (χ2v) is 3.84. The van der Waals surface area contributed by atoms with Gasteiger partial charge in [-0.15, -0.1) is 0 Å². The average molecular weight is 242 g/mol. The minimum atomic E-state index is -1.21. The summed E-state index contributed by atoms with van der Waals surface area (Å²) in [5.41, 5.74) is 5.23. The minimum Gasteiger partial charge on any atom is -0.478 e. The normalized spacial score (nSPS) is 12.2. The molecule has 1 rings (SSSR count). The van der Waals surface area contributed by atoms with Crippen molar-refractivity contribution in [1.82, 2.24) is 0 Å². The monoisotopic (exact) mass is 242 g/mol. The molecule has 1 atom stereocenters. The quantitative estimate of drug-likeness (QED) is 0.683. The fraction of sp³-hybridized carbons (Fsp3) is 0.364. The standard InChI is InChI=1S/C11H15FN2O3/c1-6(5-15)14(2)10-3-7(11(16)17)9(13)4-8(10)12/h3-4,6,15H,5,13H2,1-2H3,(H,16,17). The molecule has 4 N–H and O–H groups in total. The predicted molar refractivity (Wildman–Crippen MR) is 62.7 cm³/mol. The predicted octanol–water partition coefficient (Wildman–Crippen LogP) is 0.923. The third-order valence-corrected chi connectivity index (χ3v) is 2.65. The Morgan fingerprint density at radius 1 is 1.59 bits per heavy atom. The number of aromatic carboxylic acids is 1. The number of nitrogens with two attached hydrogens (primary N) is 1. The van der Waals surface area contributed by atoms with Gasteiger partial charge in [0, 0.05) is 18.8 Å². The molecule has 0 heterocycles. The Morgan fingerprint density at radius 3 is 2.65 bits per heavy atom. The van der Waals surface area contributed by atoms with Gasteiger partial charge in [0.1, 0.15) is 5.82 Å². The number of carboxylic acids is 1. The van der Waals surface area contributed by atoms with Gasteiger partial charge in [-0.25, -0.2) is 9.18 Å². The van der Waals surface area contributed by atoms with Crippen LogP contribution in [0.3, 0.4) is 0 Å². The van der Waals surface area contributed by atoms with Crippen molar-refractivity contribution in [3.8, 4) is 0 Å². The molecule has 0 saturated carbocycles. The van der Waals surface area contributed by atoms with Crippen LogP contribution >= 0.6 is 0 Å². The Hall–Kier alpha value is -1.82. The van der Waals surface area contributed by atoms with Gasteiger partial charge in [0.05, 0.1) is 17.9 Å². The number of nitrogen functional groups attached to an aromatic ring is 1. The number of hydrogen-bond acceptors (Lipinski definition) is 4. The van der Waals surface area contributed by atoms with Crippen LogP contribution in [0.5, 0.6) is 0 Å². The maximum absolute atomic E-state index is 13.6. The Morgan fingerprint density at radius 2 is 2.18 bits per heavy atom. The first-order chi connectivity index (χ1) is 7.88. The minimum absolute atomic E-state index is 0.0955. The molecule has 1 aromatic carbocycles. The van der Waals surface area contributed by atoms with Gasteiger partial charge in [-0.2, -0.15) is 0 Å². The van der Waals surface area contributed by atoms with Crippen LogP contribution in [0.1, 0.15) is 17.3 Å². The summed E-state index contributed by atoms with van der Waals surface area (Å²) in [5, 5.41) is 17.9. The van der Waals surface area contributed by atoms with Crippen LogP contribution in [0.25, 0.3) is 0 Å². The van der Waals surface area contributed by atoms with Crippen LogP contribution in [0.15, 0.2) is 12.1 Å². The summed E-state index contributed by atoms with van der Waals surface area (Å²) >= 11 is 0. The van der Waals surface area contributed by atoms with Gasteiger partial charge in [-0.1, -0.05) is 0 Å². The third-order valence-electron chi connectivity index (χ3n) is 2.65. The zero-order valence-electron chi connectivity index (χ0n) is 9.64. The van der Waals surface area contributed by atoms with Gasteiger partial charge in [-0.3, -0.25) is 0 Å². The molecule has 0 aromatic heterocycles. The van der Waals surface area contributed by atoms with Crippen molar-refractivity contribution in [2.24, 2.45) is 0 Å². The Balaban J connectivity index is 3.24. The maximum atomic E-state index is 13.6. The number of hydrogen-bond donors (Lipinski definition) is 3. The van der Waals surface area contributed by atoms with Crippen molar-refractivity contribution in [3.05, 3.63) is 23.5 Å². The molecule has 0 aliphatic rings. The van der Waals surface area contributed by atoms with Gasteiger partial charge < -0.3 is 20.8 Å². The topological polar surface area (TPSA) is 86.8 Å². The van der Waals surface area contributed by atoms with Gasteiger partial charge in [-0.05, 0) is 19.1 Å². The molecule has 94 valence electrons. The maximum Gasteiger partial charge on any atom is 0.337 e. The number of halogens is 1. The Kier molecular flexibility index (Phi) is 3.90. The second-order valence-electron chi connectivity index (χ2n) is 3.84. The third kappa shape index (κ3) is 2.65. The molecule has 5 nitrogen and oxygen atoms in total. The van der Waals surface area contributed by atoms with Crippen molar-refractivity contribution in [3.63, 3.8) is 0 Å². The van der Waals surface area contributed by atoms with E-state index in [4.69, 9.17) is 15.9 Å². The molecule has 0 amide bonds. The van der Waals surface area contributed by atoms with Crippen LogP contribution in [0, 0.1) is 5.82 Å². The van der Waals surface area contributed by atoms with Crippen molar-refractivity contribution in [1.29, 1.82) is 0 Å². The Labute approximate surface area is 98.3 Å². The van der Waals surface area contributed by atoms with E-state index in [1.165, 1.54) is 11.0 Å². The highest BCUT2D eigenvalue weighted by molar-refractivity contribution is 5.95. The van der Waals surface area contributed by atoms with Crippen LogP contribution in [-0.4, -0.2) is 35.9 Å². The first-order valence-corrected chi connectivity index (χ1v) is 5.04. The first-order valence-electron chi connectivity index (χ1n) is 5.04. The number of anilines is 2. The van der Waals surface area contributed by atoms with E-state index in [-0.39, 0.29) is 29.6 Å². The van der Waals surface area contributed by atoms with E-state index in [0.717, 1.165) is 6.07 Å².